The van der Waals surface area contributed by atoms with Gasteiger partial charge < -0.3 is 4.74 Å². The van der Waals surface area contributed by atoms with Crippen LogP contribution in [0.4, 0.5) is 13.2 Å². The normalized spacial score (nSPS) is 11.5. The zero-order chi connectivity index (χ0) is 15.6. The van der Waals surface area contributed by atoms with Crippen molar-refractivity contribution in [3.8, 4) is 5.75 Å². The third-order valence-corrected chi connectivity index (χ3v) is 3.04. The molecular weight excluding hydrogens is 285 g/mol. The van der Waals surface area contributed by atoms with E-state index in [-0.39, 0.29) is 17.9 Å². The van der Waals surface area contributed by atoms with Gasteiger partial charge in [0.05, 0.1) is 18.9 Å². The molecule has 1 aromatic carbocycles. The van der Waals surface area contributed by atoms with Crippen LogP contribution in [0.15, 0.2) is 30.5 Å². The summed E-state index contributed by atoms with van der Waals surface area (Å²) in [7, 11) is 3.02. The Hall–Kier alpha value is -2.31. The number of aryl methyl sites for hydroxylation is 1. The monoisotopic (exact) mass is 298 g/mol. The van der Waals surface area contributed by atoms with E-state index in [1.54, 1.807) is 7.05 Å². The van der Waals surface area contributed by atoms with E-state index in [4.69, 9.17) is 4.74 Å². The highest BCUT2D eigenvalue weighted by Crippen LogP contribution is 2.29. The maximum Gasteiger partial charge on any atom is 0.416 e. The van der Waals surface area contributed by atoms with E-state index in [0.717, 1.165) is 12.1 Å². The molecule has 2 aromatic rings. The number of carbonyl (C=O) groups is 1. The Morgan fingerprint density at radius 1 is 1.29 bits per heavy atom. The number of benzene rings is 1. The van der Waals surface area contributed by atoms with Crippen LogP contribution in [-0.2, 0) is 19.6 Å². The average molecular weight is 298 g/mol. The molecule has 0 amide bonds. The van der Waals surface area contributed by atoms with Gasteiger partial charge in [0.15, 0.2) is 11.5 Å². The lowest BCUT2D eigenvalue weighted by Gasteiger charge is -2.08. The third kappa shape index (κ3) is 3.24. The zero-order valence-corrected chi connectivity index (χ0v) is 11.4. The van der Waals surface area contributed by atoms with E-state index in [2.05, 4.69) is 5.10 Å². The Morgan fingerprint density at radius 2 is 1.90 bits per heavy atom. The molecule has 1 heterocycles. The molecule has 0 spiro atoms. The van der Waals surface area contributed by atoms with Gasteiger partial charge in [-0.05, 0) is 17.7 Å². The molecule has 4 nitrogen and oxygen atoms in total. The van der Waals surface area contributed by atoms with Gasteiger partial charge in [-0.1, -0.05) is 12.1 Å². The number of methoxy groups -OCH3 is 1. The van der Waals surface area contributed by atoms with Crippen molar-refractivity contribution in [2.45, 2.75) is 12.6 Å². The summed E-state index contributed by atoms with van der Waals surface area (Å²) >= 11 is 0. The van der Waals surface area contributed by atoms with Gasteiger partial charge in [0.1, 0.15) is 5.69 Å². The molecule has 7 heteroatoms. The van der Waals surface area contributed by atoms with Gasteiger partial charge in [-0.2, -0.15) is 18.3 Å². The van der Waals surface area contributed by atoms with Gasteiger partial charge in [-0.15, -0.1) is 0 Å². The lowest BCUT2D eigenvalue weighted by atomic mass is 10.0. The smallest absolute Gasteiger partial charge is 0.416 e. The molecule has 0 saturated carbocycles. The Balaban J connectivity index is 2.18. The topological polar surface area (TPSA) is 44.1 Å². The van der Waals surface area contributed by atoms with E-state index >= 15 is 0 Å². The molecule has 0 aliphatic rings. The number of nitrogens with zero attached hydrogens (tertiary/aromatic N) is 2. The number of Topliss-reactive ketones (excluding diaryl/α,β-unsaturated/α-hetero) is 1. The van der Waals surface area contributed by atoms with Crippen molar-refractivity contribution in [2.75, 3.05) is 7.11 Å². The molecule has 0 fully saturated rings. The predicted octanol–water partition coefficient (Wildman–Crippen LogP) is 2.87. The number of ketones is 1. The van der Waals surface area contributed by atoms with Crippen LogP contribution in [0, 0.1) is 0 Å². The number of carbonyl (C=O) groups excluding carboxylic acids is 1. The predicted molar refractivity (Wildman–Crippen MR) is 69.2 cm³/mol. The van der Waals surface area contributed by atoms with E-state index < -0.39 is 11.7 Å². The fourth-order valence-electron chi connectivity index (χ4n) is 1.97. The first-order chi connectivity index (χ1) is 9.82. The Morgan fingerprint density at radius 3 is 2.43 bits per heavy atom. The molecule has 0 aliphatic heterocycles. The first-order valence-electron chi connectivity index (χ1n) is 6.08. The molecule has 112 valence electrons. The van der Waals surface area contributed by atoms with Gasteiger partial charge in [0.25, 0.3) is 0 Å². The molecule has 0 N–H and O–H groups in total. The maximum atomic E-state index is 12.5. The van der Waals surface area contributed by atoms with Crippen LogP contribution in [-0.4, -0.2) is 22.7 Å². The number of ether oxygens (including phenoxy) is 1. The number of halogens is 3. The summed E-state index contributed by atoms with van der Waals surface area (Å²) in [5.74, 6) is 0.0704. The summed E-state index contributed by atoms with van der Waals surface area (Å²) in [6.45, 7) is 0. The van der Waals surface area contributed by atoms with Crippen LogP contribution in [0.1, 0.15) is 21.6 Å². The molecule has 0 radical (unpaired) electrons. The molecule has 0 atom stereocenters. The Labute approximate surface area is 119 Å². The highest BCUT2D eigenvalue weighted by atomic mass is 19.4. The summed E-state index contributed by atoms with van der Waals surface area (Å²) in [5, 5.41) is 3.92. The van der Waals surface area contributed by atoms with Crippen molar-refractivity contribution in [3.63, 3.8) is 0 Å². The van der Waals surface area contributed by atoms with Gasteiger partial charge in [0, 0.05) is 13.5 Å². The summed E-state index contributed by atoms with van der Waals surface area (Å²) in [5.41, 5.74) is 0.0467. The quantitative estimate of drug-likeness (QED) is 0.815. The van der Waals surface area contributed by atoms with Crippen molar-refractivity contribution in [1.29, 1.82) is 0 Å². The van der Waals surface area contributed by atoms with Crippen LogP contribution < -0.4 is 4.74 Å². The maximum absolute atomic E-state index is 12.5. The number of hydrogen-bond acceptors (Lipinski definition) is 3. The first kappa shape index (κ1) is 15.1. The summed E-state index contributed by atoms with van der Waals surface area (Å²) in [6.07, 6.45) is -2.98. The second-order valence-electron chi connectivity index (χ2n) is 4.48. The second kappa shape index (κ2) is 5.59. The van der Waals surface area contributed by atoms with E-state index in [9.17, 15) is 18.0 Å². The van der Waals surface area contributed by atoms with Crippen molar-refractivity contribution in [1.82, 2.24) is 9.78 Å². The SMILES string of the molecule is COc1cnn(C)c1C(=O)Cc1ccc(C(F)(F)F)cc1. The first-order valence-corrected chi connectivity index (χ1v) is 6.08. The zero-order valence-electron chi connectivity index (χ0n) is 11.4. The van der Waals surface area contributed by atoms with E-state index in [0.29, 0.717) is 11.3 Å². The lowest BCUT2D eigenvalue weighted by Crippen LogP contribution is -2.11. The van der Waals surface area contributed by atoms with Crippen LogP contribution in [0.5, 0.6) is 5.75 Å². The molecule has 0 saturated heterocycles. The minimum atomic E-state index is -4.38. The van der Waals surface area contributed by atoms with Crippen molar-refractivity contribution in [3.05, 3.63) is 47.3 Å². The fourth-order valence-corrected chi connectivity index (χ4v) is 1.97. The average Bonchev–Trinajstić information content (AvgIpc) is 2.79. The van der Waals surface area contributed by atoms with E-state index in [1.807, 2.05) is 0 Å². The van der Waals surface area contributed by atoms with Crippen molar-refractivity contribution in [2.24, 2.45) is 7.05 Å². The Bertz CT molecular complexity index is 645. The third-order valence-electron chi connectivity index (χ3n) is 3.04. The number of hydrogen-bond donors (Lipinski definition) is 0. The number of aromatic nitrogens is 2. The Kier molecular flexibility index (Phi) is 4.02. The second-order valence-corrected chi connectivity index (χ2v) is 4.48. The summed E-state index contributed by atoms with van der Waals surface area (Å²) < 4.78 is 43.8. The van der Waals surface area contributed by atoms with Crippen molar-refractivity contribution < 1.29 is 22.7 Å². The van der Waals surface area contributed by atoms with Gasteiger partial charge in [0.2, 0.25) is 0 Å². The molecule has 1 aromatic heterocycles. The molecular formula is C14H13F3N2O2. The standard InChI is InChI=1S/C14H13F3N2O2/c1-19-13(12(21-2)8-18-19)11(20)7-9-3-5-10(6-4-9)14(15,16)17/h3-6,8H,7H2,1-2H3. The minimum Gasteiger partial charge on any atom is -0.493 e. The molecule has 2 rings (SSSR count). The van der Waals surface area contributed by atoms with Gasteiger partial charge >= 0.3 is 6.18 Å². The van der Waals surface area contributed by atoms with Gasteiger partial charge in [-0.3, -0.25) is 9.48 Å². The summed E-state index contributed by atoms with van der Waals surface area (Å²) in [6, 6.07) is 4.51. The van der Waals surface area contributed by atoms with Crippen LogP contribution in [0.3, 0.4) is 0 Å². The highest BCUT2D eigenvalue weighted by Gasteiger charge is 2.30. The lowest BCUT2D eigenvalue weighted by molar-refractivity contribution is -0.137. The minimum absolute atomic E-state index is 0.0198. The van der Waals surface area contributed by atoms with Crippen LogP contribution in [0.2, 0.25) is 0 Å². The number of alkyl halides is 3. The van der Waals surface area contributed by atoms with Crippen LogP contribution in [0.25, 0.3) is 0 Å². The molecule has 0 aliphatic carbocycles. The molecule has 0 unspecified atom stereocenters. The highest BCUT2D eigenvalue weighted by molar-refractivity contribution is 5.98. The number of rotatable bonds is 4. The van der Waals surface area contributed by atoms with Crippen molar-refractivity contribution >= 4 is 5.78 Å². The van der Waals surface area contributed by atoms with Gasteiger partial charge in [-0.25, -0.2) is 0 Å². The molecule has 0 bridgehead atoms. The fraction of sp³-hybridized carbons (Fsp3) is 0.286. The van der Waals surface area contributed by atoms with E-state index in [1.165, 1.54) is 30.1 Å². The molecule has 21 heavy (non-hydrogen) atoms. The van der Waals surface area contributed by atoms with Crippen LogP contribution >= 0.6 is 0 Å². The summed E-state index contributed by atoms with van der Waals surface area (Å²) in [4.78, 5) is 12.2. The largest absolute Gasteiger partial charge is 0.493 e.